The van der Waals surface area contributed by atoms with Gasteiger partial charge in [0.05, 0.1) is 5.75 Å². The SMILES string of the molecule is CCNC(=NCCCOCC1CC1)NC(C)CCS(C)(=O)=O.I. The summed E-state index contributed by atoms with van der Waals surface area (Å²) < 4.78 is 27.9. The van der Waals surface area contributed by atoms with E-state index in [1.165, 1.54) is 19.1 Å². The topological polar surface area (TPSA) is 79.8 Å². The van der Waals surface area contributed by atoms with E-state index in [-0.39, 0.29) is 35.8 Å². The number of nitrogens with zero attached hydrogens (tertiary/aromatic N) is 1. The molecule has 8 heteroatoms. The Labute approximate surface area is 158 Å². The molecule has 0 aromatic carbocycles. The van der Waals surface area contributed by atoms with Crippen LogP contribution >= 0.6 is 24.0 Å². The lowest BCUT2D eigenvalue weighted by Gasteiger charge is -2.17. The lowest BCUT2D eigenvalue weighted by Crippen LogP contribution is -2.43. The van der Waals surface area contributed by atoms with Crippen LogP contribution in [0.2, 0.25) is 0 Å². The summed E-state index contributed by atoms with van der Waals surface area (Å²) in [7, 11) is -2.91. The molecule has 1 aliphatic carbocycles. The van der Waals surface area contributed by atoms with Crippen LogP contribution in [0.4, 0.5) is 0 Å². The number of hydrogen-bond acceptors (Lipinski definition) is 4. The predicted octanol–water partition coefficient (Wildman–Crippen LogP) is 1.80. The van der Waals surface area contributed by atoms with Gasteiger partial charge in [-0.3, -0.25) is 4.99 Å². The zero-order valence-electron chi connectivity index (χ0n) is 14.5. The van der Waals surface area contributed by atoms with Gasteiger partial charge in [0.2, 0.25) is 0 Å². The van der Waals surface area contributed by atoms with Crippen molar-refractivity contribution in [1.29, 1.82) is 0 Å². The number of halogens is 1. The van der Waals surface area contributed by atoms with E-state index in [4.69, 9.17) is 4.74 Å². The van der Waals surface area contributed by atoms with Gasteiger partial charge in [-0.1, -0.05) is 0 Å². The maximum atomic E-state index is 11.2. The zero-order chi connectivity index (χ0) is 16.4. The molecule has 0 aliphatic heterocycles. The summed E-state index contributed by atoms with van der Waals surface area (Å²) in [6.45, 7) is 7.11. The van der Waals surface area contributed by atoms with Gasteiger partial charge < -0.3 is 15.4 Å². The molecule has 0 aromatic heterocycles. The van der Waals surface area contributed by atoms with Crippen molar-refractivity contribution in [3.8, 4) is 0 Å². The number of hydrogen-bond donors (Lipinski definition) is 2. The molecule has 0 saturated heterocycles. The molecule has 0 spiro atoms. The largest absolute Gasteiger partial charge is 0.381 e. The average Bonchev–Trinajstić information content (AvgIpc) is 3.24. The summed E-state index contributed by atoms with van der Waals surface area (Å²) in [4.78, 5) is 4.50. The van der Waals surface area contributed by atoms with Crippen molar-refractivity contribution in [2.75, 3.05) is 38.3 Å². The summed E-state index contributed by atoms with van der Waals surface area (Å²) in [5, 5.41) is 6.42. The van der Waals surface area contributed by atoms with Crippen LogP contribution in [0.3, 0.4) is 0 Å². The maximum Gasteiger partial charge on any atom is 0.191 e. The number of nitrogens with one attached hydrogen (secondary N) is 2. The third-order valence-corrected chi connectivity index (χ3v) is 4.39. The molecule has 0 radical (unpaired) electrons. The normalized spacial score (nSPS) is 16.6. The van der Waals surface area contributed by atoms with E-state index in [9.17, 15) is 8.42 Å². The van der Waals surface area contributed by atoms with Crippen molar-refractivity contribution in [2.45, 2.75) is 45.6 Å². The van der Waals surface area contributed by atoms with Crippen LogP contribution < -0.4 is 10.6 Å². The average molecular weight is 461 g/mol. The second kappa shape index (κ2) is 12.3. The Hall–Kier alpha value is -0.0900. The smallest absolute Gasteiger partial charge is 0.191 e. The monoisotopic (exact) mass is 461 g/mol. The lowest BCUT2D eigenvalue weighted by molar-refractivity contribution is 0.123. The number of guanidine groups is 1. The van der Waals surface area contributed by atoms with Crippen molar-refractivity contribution in [1.82, 2.24) is 10.6 Å². The summed E-state index contributed by atoms with van der Waals surface area (Å²) in [5.41, 5.74) is 0. The first-order valence-electron chi connectivity index (χ1n) is 8.21. The standard InChI is InChI=1S/C15H31N3O3S.HI/c1-4-16-15(18-13(2)8-11-22(3,19)20)17-9-5-10-21-12-14-6-7-14;/h13-14H,4-12H2,1-3H3,(H2,16,17,18);1H. The molecule has 2 N–H and O–H groups in total. The van der Waals surface area contributed by atoms with E-state index >= 15 is 0 Å². The van der Waals surface area contributed by atoms with Crippen molar-refractivity contribution < 1.29 is 13.2 Å². The van der Waals surface area contributed by atoms with Gasteiger partial charge in [-0.2, -0.15) is 0 Å². The summed E-state index contributed by atoms with van der Waals surface area (Å²) in [5.74, 6) is 1.74. The minimum atomic E-state index is -2.91. The quantitative estimate of drug-likeness (QED) is 0.212. The molecule has 1 unspecified atom stereocenters. The van der Waals surface area contributed by atoms with E-state index in [2.05, 4.69) is 15.6 Å². The number of aliphatic imine (C=N–C) groups is 1. The van der Waals surface area contributed by atoms with Gasteiger partial charge in [-0.25, -0.2) is 8.42 Å². The van der Waals surface area contributed by atoms with Crippen LogP contribution in [0.15, 0.2) is 4.99 Å². The van der Waals surface area contributed by atoms with Crippen LogP contribution in [0.5, 0.6) is 0 Å². The van der Waals surface area contributed by atoms with Crippen molar-refractivity contribution in [3.05, 3.63) is 0 Å². The fourth-order valence-corrected chi connectivity index (χ4v) is 2.69. The molecule has 0 heterocycles. The summed E-state index contributed by atoms with van der Waals surface area (Å²) in [6.07, 6.45) is 5.38. The minimum Gasteiger partial charge on any atom is -0.381 e. The van der Waals surface area contributed by atoms with Crippen molar-refractivity contribution in [3.63, 3.8) is 0 Å². The Kier molecular flexibility index (Phi) is 12.2. The third kappa shape index (κ3) is 14.0. The van der Waals surface area contributed by atoms with Crippen LogP contribution in [-0.4, -0.2) is 58.7 Å². The van der Waals surface area contributed by atoms with Crippen LogP contribution in [-0.2, 0) is 14.6 Å². The Morgan fingerprint density at radius 3 is 2.65 bits per heavy atom. The highest BCUT2D eigenvalue weighted by Gasteiger charge is 2.20. The second-order valence-electron chi connectivity index (χ2n) is 6.10. The molecular weight excluding hydrogens is 429 g/mol. The molecule has 1 aliphatic rings. The highest BCUT2D eigenvalue weighted by atomic mass is 127. The van der Waals surface area contributed by atoms with E-state index in [0.717, 1.165) is 38.1 Å². The predicted molar refractivity (Wildman–Crippen MR) is 106 cm³/mol. The van der Waals surface area contributed by atoms with E-state index in [0.29, 0.717) is 13.0 Å². The Bertz CT molecular complexity index is 439. The Morgan fingerprint density at radius 2 is 2.09 bits per heavy atom. The highest BCUT2D eigenvalue weighted by molar-refractivity contribution is 14.0. The lowest BCUT2D eigenvalue weighted by atomic mass is 10.3. The molecule has 1 atom stereocenters. The van der Waals surface area contributed by atoms with Gasteiger partial charge in [0, 0.05) is 38.6 Å². The molecule has 138 valence electrons. The van der Waals surface area contributed by atoms with Crippen LogP contribution in [0.1, 0.15) is 39.5 Å². The van der Waals surface area contributed by atoms with Crippen molar-refractivity contribution in [2.24, 2.45) is 10.9 Å². The van der Waals surface area contributed by atoms with E-state index in [1.807, 2.05) is 13.8 Å². The molecule has 0 bridgehead atoms. The molecule has 1 rings (SSSR count). The van der Waals surface area contributed by atoms with E-state index in [1.54, 1.807) is 0 Å². The first-order valence-corrected chi connectivity index (χ1v) is 10.3. The molecule has 0 aromatic rings. The highest BCUT2D eigenvalue weighted by Crippen LogP contribution is 2.28. The third-order valence-electron chi connectivity index (χ3n) is 3.42. The number of rotatable bonds is 11. The summed E-state index contributed by atoms with van der Waals surface area (Å²) >= 11 is 0. The zero-order valence-corrected chi connectivity index (χ0v) is 17.7. The fraction of sp³-hybridized carbons (Fsp3) is 0.933. The van der Waals surface area contributed by atoms with E-state index < -0.39 is 9.84 Å². The molecule has 6 nitrogen and oxygen atoms in total. The first-order chi connectivity index (χ1) is 10.4. The van der Waals surface area contributed by atoms with Gasteiger partial charge in [0.25, 0.3) is 0 Å². The Morgan fingerprint density at radius 1 is 1.39 bits per heavy atom. The molecule has 1 fully saturated rings. The minimum absolute atomic E-state index is 0. The number of sulfone groups is 1. The van der Waals surface area contributed by atoms with Gasteiger partial charge in [0.15, 0.2) is 5.96 Å². The van der Waals surface area contributed by atoms with Crippen molar-refractivity contribution >= 4 is 39.8 Å². The fourth-order valence-electron chi connectivity index (χ4n) is 1.91. The summed E-state index contributed by atoms with van der Waals surface area (Å²) in [6, 6.07) is 0.0682. The van der Waals surface area contributed by atoms with Gasteiger partial charge in [-0.15, -0.1) is 24.0 Å². The van der Waals surface area contributed by atoms with Gasteiger partial charge >= 0.3 is 0 Å². The maximum absolute atomic E-state index is 11.2. The van der Waals surface area contributed by atoms with Crippen LogP contribution in [0, 0.1) is 5.92 Å². The first kappa shape index (κ1) is 22.9. The van der Waals surface area contributed by atoms with Crippen LogP contribution in [0.25, 0.3) is 0 Å². The molecule has 0 amide bonds. The molecule has 1 saturated carbocycles. The molecular formula is C15H32IN3O3S. The Balaban J connectivity index is 0.00000484. The van der Waals surface area contributed by atoms with Gasteiger partial charge in [0.1, 0.15) is 9.84 Å². The number of ether oxygens (including phenoxy) is 1. The van der Waals surface area contributed by atoms with Gasteiger partial charge in [-0.05, 0) is 45.4 Å². The molecule has 23 heavy (non-hydrogen) atoms. The second-order valence-corrected chi connectivity index (χ2v) is 8.36.